The molecule has 0 atom stereocenters. The van der Waals surface area contributed by atoms with E-state index >= 15 is 0 Å². The van der Waals surface area contributed by atoms with Crippen molar-refractivity contribution in [2.24, 2.45) is 0 Å². The van der Waals surface area contributed by atoms with E-state index in [1.54, 1.807) is 36.4 Å². The Morgan fingerprint density at radius 2 is 1.96 bits per heavy atom. The summed E-state index contributed by atoms with van der Waals surface area (Å²) in [4.78, 5) is 24.1. The highest BCUT2D eigenvalue weighted by Crippen LogP contribution is 2.20. The summed E-state index contributed by atoms with van der Waals surface area (Å²) in [5, 5.41) is 6.39. The number of hydrogen-bond donors (Lipinski definition) is 2. The van der Waals surface area contributed by atoms with Gasteiger partial charge in [-0.05, 0) is 49.2 Å². The lowest BCUT2D eigenvalue weighted by molar-refractivity contribution is -0.113. The molecule has 0 radical (unpaired) electrons. The molecule has 0 unspecified atom stereocenters. The van der Waals surface area contributed by atoms with Crippen LogP contribution in [0.25, 0.3) is 0 Å². The highest BCUT2D eigenvalue weighted by Gasteiger charge is 2.23. The summed E-state index contributed by atoms with van der Waals surface area (Å²) in [6.07, 6.45) is 2.08. The normalized spacial score (nSPS) is 13.1. The van der Waals surface area contributed by atoms with Crippen molar-refractivity contribution in [3.63, 3.8) is 0 Å². The number of benzene rings is 2. The van der Waals surface area contributed by atoms with Crippen LogP contribution in [-0.4, -0.2) is 36.0 Å². The van der Waals surface area contributed by atoms with Crippen LogP contribution in [0.2, 0.25) is 5.02 Å². The van der Waals surface area contributed by atoms with Crippen molar-refractivity contribution in [1.82, 2.24) is 5.32 Å². The molecule has 0 bridgehead atoms. The van der Waals surface area contributed by atoms with E-state index in [1.807, 2.05) is 12.1 Å². The smallest absolute Gasteiger partial charge is 0.251 e. The van der Waals surface area contributed by atoms with E-state index in [0.717, 1.165) is 12.8 Å². The number of halogens is 1. The molecule has 1 aliphatic carbocycles. The number of thioether (sulfide) groups is 1. The predicted molar refractivity (Wildman–Crippen MR) is 110 cm³/mol. The Balaban J connectivity index is 1.37. The molecule has 0 aromatic heterocycles. The molecular formula is C20H21ClN2O3S. The molecule has 0 aliphatic heterocycles. The lowest BCUT2D eigenvalue weighted by Crippen LogP contribution is -2.25. The summed E-state index contributed by atoms with van der Waals surface area (Å²) in [6.45, 7) is 0.495. The number of amides is 2. The van der Waals surface area contributed by atoms with Crippen LogP contribution in [0.15, 0.2) is 48.5 Å². The summed E-state index contributed by atoms with van der Waals surface area (Å²) < 4.78 is 5.58. The van der Waals surface area contributed by atoms with E-state index in [9.17, 15) is 9.59 Å². The van der Waals surface area contributed by atoms with E-state index in [1.165, 1.54) is 11.8 Å². The van der Waals surface area contributed by atoms with Gasteiger partial charge in [0.05, 0.1) is 12.4 Å². The van der Waals surface area contributed by atoms with Crippen LogP contribution >= 0.6 is 23.4 Å². The molecule has 0 spiro atoms. The minimum absolute atomic E-state index is 0.0962. The van der Waals surface area contributed by atoms with Gasteiger partial charge in [0.15, 0.2) is 0 Å². The van der Waals surface area contributed by atoms with Crippen LogP contribution in [0, 0.1) is 0 Å². The van der Waals surface area contributed by atoms with E-state index in [4.69, 9.17) is 16.3 Å². The molecule has 0 saturated heterocycles. The van der Waals surface area contributed by atoms with Crippen LogP contribution < -0.4 is 15.4 Å². The Bertz CT molecular complexity index is 811. The second-order valence-corrected chi connectivity index (χ2v) is 7.78. The maximum absolute atomic E-state index is 12.1. The molecule has 27 heavy (non-hydrogen) atoms. The minimum atomic E-state index is -0.109. The highest BCUT2D eigenvalue weighted by molar-refractivity contribution is 7.99. The van der Waals surface area contributed by atoms with Crippen LogP contribution in [0.4, 0.5) is 5.69 Å². The first kappa shape index (κ1) is 19.6. The van der Waals surface area contributed by atoms with Gasteiger partial charge in [0.1, 0.15) is 5.75 Å². The van der Waals surface area contributed by atoms with Crippen molar-refractivity contribution in [2.75, 3.05) is 23.4 Å². The predicted octanol–water partition coefficient (Wildman–Crippen LogP) is 3.98. The molecule has 1 aliphatic rings. The lowest BCUT2D eigenvalue weighted by Gasteiger charge is -2.08. The van der Waals surface area contributed by atoms with E-state index in [0.29, 0.717) is 46.2 Å². The Hall–Kier alpha value is -2.18. The molecule has 2 aromatic rings. The third kappa shape index (κ3) is 6.81. The van der Waals surface area contributed by atoms with Gasteiger partial charge < -0.3 is 15.4 Å². The molecular weight excluding hydrogens is 384 g/mol. The average molecular weight is 405 g/mol. The largest absolute Gasteiger partial charge is 0.493 e. The number of carbonyl (C=O) groups is 2. The molecule has 7 heteroatoms. The molecule has 2 amide bonds. The van der Waals surface area contributed by atoms with Gasteiger partial charge in [-0.15, -0.1) is 11.8 Å². The summed E-state index contributed by atoms with van der Waals surface area (Å²) in [5.41, 5.74) is 1.18. The molecule has 1 fully saturated rings. The van der Waals surface area contributed by atoms with Gasteiger partial charge in [0, 0.05) is 28.1 Å². The van der Waals surface area contributed by atoms with Crippen LogP contribution in [0.1, 0.15) is 23.2 Å². The van der Waals surface area contributed by atoms with Gasteiger partial charge in [-0.2, -0.15) is 0 Å². The van der Waals surface area contributed by atoms with Crippen molar-refractivity contribution >= 4 is 40.9 Å². The number of anilines is 1. The lowest BCUT2D eigenvalue weighted by atomic mass is 10.2. The monoisotopic (exact) mass is 404 g/mol. The third-order valence-corrected chi connectivity index (χ3v) is 5.00. The quantitative estimate of drug-likeness (QED) is 0.620. The van der Waals surface area contributed by atoms with E-state index in [2.05, 4.69) is 10.6 Å². The molecule has 1 saturated carbocycles. The summed E-state index contributed by atoms with van der Waals surface area (Å²) in [6, 6.07) is 14.5. The number of carbonyl (C=O) groups excluding carboxylic acids is 2. The van der Waals surface area contributed by atoms with Gasteiger partial charge in [-0.1, -0.05) is 23.7 Å². The van der Waals surface area contributed by atoms with E-state index < -0.39 is 0 Å². The Labute approximate surface area is 167 Å². The second kappa shape index (κ2) is 9.67. The molecule has 0 heterocycles. The molecule has 3 rings (SSSR count). The number of hydrogen-bond acceptors (Lipinski definition) is 4. The molecule has 142 valence electrons. The van der Waals surface area contributed by atoms with Crippen LogP contribution in [-0.2, 0) is 4.79 Å². The molecule has 2 N–H and O–H groups in total. The zero-order chi connectivity index (χ0) is 19.1. The number of ether oxygens (including phenoxy) is 1. The van der Waals surface area contributed by atoms with Crippen molar-refractivity contribution < 1.29 is 14.3 Å². The van der Waals surface area contributed by atoms with Gasteiger partial charge >= 0.3 is 0 Å². The minimum Gasteiger partial charge on any atom is -0.493 e. The fourth-order valence-corrected chi connectivity index (χ4v) is 3.16. The van der Waals surface area contributed by atoms with Crippen LogP contribution in [0.5, 0.6) is 5.75 Å². The maximum Gasteiger partial charge on any atom is 0.251 e. The van der Waals surface area contributed by atoms with Gasteiger partial charge in [-0.25, -0.2) is 0 Å². The van der Waals surface area contributed by atoms with Gasteiger partial charge in [-0.3, -0.25) is 9.59 Å². The maximum atomic E-state index is 12.1. The Kier molecular flexibility index (Phi) is 7.01. The standard InChI is InChI=1S/C20H21ClN2O3S/c21-15-4-2-6-18(12-15)26-9-10-27-13-19(24)22-17-5-1-3-14(11-17)20(25)23-16-7-8-16/h1-6,11-12,16H,7-10,13H2,(H,22,24)(H,23,25). The second-order valence-electron chi connectivity index (χ2n) is 6.24. The number of rotatable bonds is 9. The average Bonchev–Trinajstić information content (AvgIpc) is 3.46. The van der Waals surface area contributed by atoms with Crippen molar-refractivity contribution in [2.45, 2.75) is 18.9 Å². The fraction of sp³-hybridized carbons (Fsp3) is 0.300. The van der Waals surface area contributed by atoms with Crippen molar-refractivity contribution in [1.29, 1.82) is 0 Å². The van der Waals surface area contributed by atoms with E-state index in [-0.39, 0.29) is 11.8 Å². The third-order valence-electron chi connectivity index (χ3n) is 3.85. The zero-order valence-electron chi connectivity index (χ0n) is 14.7. The molecule has 2 aromatic carbocycles. The first-order valence-corrected chi connectivity index (χ1v) is 10.3. The SMILES string of the molecule is O=C(CSCCOc1cccc(Cl)c1)Nc1cccc(C(=O)NC2CC2)c1. The van der Waals surface area contributed by atoms with Crippen molar-refractivity contribution in [3.8, 4) is 5.75 Å². The Morgan fingerprint density at radius 1 is 1.15 bits per heavy atom. The van der Waals surface area contributed by atoms with Gasteiger partial charge in [0.2, 0.25) is 5.91 Å². The first-order valence-electron chi connectivity index (χ1n) is 8.77. The first-order chi connectivity index (χ1) is 13.1. The fourth-order valence-electron chi connectivity index (χ4n) is 2.37. The van der Waals surface area contributed by atoms with Crippen molar-refractivity contribution in [3.05, 3.63) is 59.1 Å². The highest BCUT2D eigenvalue weighted by atomic mass is 35.5. The zero-order valence-corrected chi connectivity index (χ0v) is 16.3. The summed E-state index contributed by atoms with van der Waals surface area (Å²) >= 11 is 7.38. The van der Waals surface area contributed by atoms with Crippen LogP contribution in [0.3, 0.4) is 0 Å². The summed E-state index contributed by atoms with van der Waals surface area (Å²) in [7, 11) is 0. The summed E-state index contributed by atoms with van der Waals surface area (Å²) in [5.74, 6) is 1.51. The van der Waals surface area contributed by atoms with Gasteiger partial charge in [0.25, 0.3) is 5.91 Å². The number of nitrogens with one attached hydrogen (secondary N) is 2. The Morgan fingerprint density at radius 3 is 2.74 bits per heavy atom. The topological polar surface area (TPSA) is 67.4 Å². The molecule has 5 nitrogen and oxygen atoms in total.